The molecule has 0 saturated carbocycles. The predicted octanol–water partition coefficient (Wildman–Crippen LogP) is 4.39. The fourth-order valence-electron chi connectivity index (χ4n) is 1.38. The van der Waals surface area contributed by atoms with Gasteiger partial charge in [-0.25, -0.2) is 9.37 Å². The lowest BCUT2D eigenvalue weighted by Gasteiger charge is -2.08. The van der Waals surface area contributed by atoms with Crippen LogP contribution in [0.25, 0.3) is 0 Å². The quantitative estimate of drug-likeness (QED) is 0.820. The van der Waals surface area contributed by atoms with Crippen LogP contribution in [-0.4, -0.2) is 4.98 Å². The zero-order valence-electron chi connectivity index (χ0n) is 9.50. The summed E-state index contributed by atoms with van der Waals surface area (Å²) >= 11 is 3.41. The topological polar surface area (TPSA) is 22.1 Å². The van der Waals surface area contributed by atoms with E-state index in [0.717, 1.165) is 10.0 Å². The maximum Gasteiger partial charge on any atom is 0.233 e. The summed E-state index contributed by atoms with van der Waals surface area (Å²) in [6.07, 6.45) is 1.67. The van der Waals surface area contributed by atoms with Gasteiger partial charge in [0, 0.05) is 6.20 Å². The van der Waals surface area contributed by atoms with Crippen LogP contribution >= 0.6 is 15.9 Å². The molecule has 0 saturated heterocycles. The van der Waals surface area contributed by atoms with Crippen molar-refractivity contribution in [3.8, 4) is 11.6 Å². The van der Waals surface area contributed by atoms with E-state index in [4.69, 9.17) is 4.74 Å². The lowest BCUT2D eigenvalue weighted by atomic mass is 10.2. The van der Waals surface area contributed by atoms with Gasteiger partial charge in [-0.2, -0.15) is 0 Å². The van der Waals surface area contributed by atoms with Crippen molar-refractivity contribution in [2.45, 2.75) is 13.8 Å². The van der Waals surface area contributed by atoms with Crippen molar-refractivity contribution < 1.29 is 9.13 Å². The van der Waals surface area contributed by atoms with Crippen molar-refractivity contribution in [1.82, 2.24) is 4.98 Å². The van der Waals surface area contributed by atoms with Gasteiger partial charge >= 0.3 is 0 Å². The number of aromatic nitrogens is 1. The number of nitrogens with zero attached hydrogens (tertiary/aromatic N) is 1. The molecule has 0 spiro atoms. The van der Waals surface area contributed by atoms with Crippen LogP contribution in [0, 0.1) is 19.7 Å². The second-order valence-corrected chi connectivity index (χ2v) is 4.55. The van der Waals surface area contributed by atoms with Crippen molar-refractivity contribution in [3.63, 3.8) is 0 Å². The second-order valence-electron chi connectivity index (χ2n) is 3.76. The average Bonchev–Trinajstić information content (AvgIpc) is 2.30. The van der Waals surface area contributed by atoms with Crippen LogP contribution in [0.5, 0.6) is 11.6 Å². The summed E-state index contributed by atoms with van der Waals surface area (Å²) in [7, 11) is 0. The van der Waals surface area contributed by atoms with E-state index in [9.17, 15) is 4.39 Å². The Morgan fingerprint density at radius 1 is 1.18 bits per heavy atom. The summed E-state index contributed by atoms with van der Waals surface area (Å²) in [6.45, 7) is 3.65. The van der Waals surface area contributed by atoms with Gasteiger partial charge in [-0.15, -0.1) is 0 Å². The number of ether oxygens (including phenoxy) is 1. The number of rotatable bonds is 2. The van der Waals surface area contributed by atoms with Crippen molar-refractivity contribution >= 4 is 15.9 Å². The van der Waals surface area contributed by atoms with E-state index >= 15 is 0 Å². The normalized spacial score (nSPS) is 10.4. The highest BCUT2D eigenvalue weighted by Crippen LogP contribution is 2.30. The van der Waals surface area contributed by atoms with Crippen molar-refractivity contribution in [3.05, 3.63) is 51.9 Å². The van der Waals surface area contributed by atoms with Gasteiger partial charge in [-0.3, -0.25) is 0 Å². The summed E-state index contributed by atoms with van der Waals surface area (Å²) in [6, 6.07) is 6.49. The minimum absolute atomic E-state index is 0.242. The third-order valence-electron chi connectivity index (χ3n) is 2.39. The van der Waals surface area contributed by atoms with Gasteiger partial charge < -0.3 is 4.74 Å². The molecule has 2 nitrogen and oxygen atoms in total. The van der Waals surface area contributed by atoms with E-state index in [1.54, 1.807) is 25.3 Å². The Kier molecular flexibility index (Phi) is 3.43. The monoisotopic (exact) mass is 295 g/mol. The van der Waals surface area contributed by atoms with E-state index in [0.29, 0.717) is 17.2 Å². The van der Waals surface area contributed by atoms with Crippen molar-refractivity contribution in [2.24, 2.45) is 0 Å². The predicted molar refractivity (Wildman–Crippen MR) is 67.9 cm³/mol. The molecule has 1 heterocycles. The molecule has 0 aliphatic heterocycles. The van der Waals surface area contributed by atoms with Gasteiger partial charge in [0.05, 0.1) is 4.47 Å². The smallest absolute Gasteiger partial charge is 0.233 e. The van der Waals surface area contributed by atoms with Crippen LogP contribution in [0.3, 0.4) is 0 Å². The number of benzene rings is 1. The van der Waals surface area contributed by atoms with Gasteiger partial charge in [0.1, 0.15) is 11.6 Å². The molecule has 0 atom stereocenters. The summed E-state index contributed by atoms with van der Waals surface area (Å²) in [5, 5.41) is 0. The van der Waals surface area contributed by atoms with Gasteiger partial charge in [-0.05, 0) is 65.2 Å². The molecule has 0 aliphatic carbocycles. The first-order valence-electron chi connectivity index (χ1n) is 5.13. The largest absolute Gasteiger partial charge is 0.438 e. The maximum atomic E-state index is 13.1. The highest BCUT2D eigenvalue weighted by Gasteiger charge is 2.07. The molecule has 2 aromatic rings. The molecule has 1 aromatic heterocycles. The highest BCUT2D eigenvalue weighted by atomic mass is 79.9. The molecule has 17 heavy (non-hydrogen) atoms. The van der Waals surface area contributed by atoms with E-state index in [1.165, 1.54) is 6.07 Å². The van der Waals surface area contributed by atoms with Gasteiger partial charge in [0.15, 0.2) is 0 Å². The third-order valence-corrected chi connectivity index (χ3v) is 3.36. The van der Waals surface area contributed by atoms with Gasteiger partial charge in [0.25, 0.3) is 0 Å². The number of hydrogen-bond acceptors (Lipinski definition) is 2. The second kappa shape index (κ2) is 4.84. The molecule has 1 aromatic carbocycles. The lowest BCUT2D eigenvalue weighted by molar-refractivity contribution is 0.457. The number of aryl methyl sites for hydroxylation is 2. The Balaban J connectivity index is 2.31. The Bertz CT molecular complexity index is 557. The van der Waals surface area contributed by atoms with Crippen LogP contribution in [0.4, 0.5) is 4.39 Å². The lowest BCUT2D eigenvalue weighted by Crippen LogP contribution is -1.92. The third kappa shape index (κ3) is 2.64. The van der Waals surface area contributed by atoms with E-state index in [2.05, 4.69) is 20.9 Å². The fourth-order valence-corrected chi connectivity index (χ4v) is 1.69. The standard InChI is InChI=1S/C13H11BrFNO/c1-8-5-6-16-13(12(8)14)17-10-3-4-11(15)9(2)7-10/h3-7H,1-2H3. The zero-order chi connectivity index (χ0) is 12.4. The van der Waals surface area contributed by atoms with Crippen molar-refractivity contribution in [1.29, 1.82) is 0 Å². The molecular weight excluding hydrogens is 285 g/mol. The molecule has 0 amide bonds. The highest BCUT2D eigenvalue weighted by molar-refractivity contribution is 9.10. The zero-order valence-corrected chi connectivity index (χ0v) is 11.1. The molecule has 0 unspecified atom stereocenters. The van der Waals surface area contributed by atoms with Crippen molar-refractivity contribution in [2.75, 3.05) is 0 Å². The summed E-state index contributed by atoms with van der Waals surface area (Å²) in [4.78, 5) is 4.12. The van der Waals surface area contributed by atoms with Crippen LogP contribution in [0.2, 0.25) is 0 Å². The first-order chi connectivity index (χ1) is 8.08. The van der Waals surface area contributed by atoms with E-state index < -0.39 is 0 Å². The molecular formula is C13H11BrFNO. The number of hydrogen-bond donors (Lipinski definition) is 0. The SMILES string of the molecule is Cc1cc(Oc2nccc(C)c2Br)ccc1F. The first-order valence-corrected chi connectivity index (χ1v) is 5.92. The average molecular weight is 296 g/mol. The number of pyridine rings is 1. The summed E-state index contributed by atoms with van der Waals surface area (Å²) in [5.74, 6) is 0.812. The maximum absolute atomic E-state index is 13.1. The Labute approximate surface area is 108 Å². The minimum atomic E-state index is -0.242. The summed E-state index contributed by atoms with van der Waals surface area (Å²) < 4.78 is 19.5. The summed E-state index contributed by atoms with van der Waals surface area (Å²) in [5.41, 5.74) is 1.58. The minimum Gasteiger partial charge on any atom is -0.438 e. The van der Waals surface area contributed by atoms with Crippen LogP contribution in [-0.2, 0) is 0 Å². The Morgan fingerprint density at radius 2 is 1.94 bits per heavy atom. The van der Waals surface area contributed by atoms with Crippen LogP contribution in [0.1, 0.15) is 11.1 Å². The molecule has 2 rings (SSSR count). The molecule has 88 valence electrons. The first kappa shape index (κ1) is 12.0. The van der Waals surface area contributed by atoms with Crippen LogP contribution in [0.15, 0.2) is 34.9 Å². The van der Waals surface area contributed by atoms with Crippen LogP contribution < -0.4 is 4.74 Å². The molecule has 0 aliphatic rings. The van der Waals surface area contributed by atoms with Gasteiger partial charge in [-0.1, -0.05) is 0 Å². The fraction of sp³-hybridized carbons (Fsp3) is 0.154. The Morgan fingerprint density at radius 3 is 2.65 bits per heavy atom. The molecule has 0 bridgehead atoms. The Hall–Kier alpha value is -1.42. The van der Waals surface area contributed by atoms with E-state index in [1.807, 2.05) is 13.0 Å². The number of halogens is 2. The molecule has 0 radical (unpaired) electrons. The molecule has 4 heteroatoms. The van der Waals surface area contributed by atoms with Gasteiger partial charge in [0.2, 0.25) is 5.88 Å². The molecule has 0 fully saturated rings. The van der Waals surface area contributed by atoms with E-state index in [-0.39, 0.29) is 5.82 Å². The molecule has 0 N–H and O–H groups in total.